The number of benzene rings is 2. The fraction of sp³-hybridized carbons (Fsp3) is 0.440. The van der Waals surface area contributed by atoms with Crippen molar-refractivity contribution >= 4 is 11.9 Å². The highest BCUT2D eigenvalue weighted by atomic mass is 16.5. The Bertz CT molecular complexity index is 1030. The van der Waals surface area contributed by atoms with Crippen LogP contribution in [0.1, 0.15) is 24.0 Å². The normalized spacial score (nSPS) is 19.2. The second kappa shape index (κ2) is 10.5. The average Bonchev–Trinajstić information content (AvgIpc) is 3.19. The number of ether oxygens (including phenoxy) is 6. The van der Waals surface area contributed by atoms with Gasteiger partial charge in [-0.05, 0) is 48.7 Å². The highest BCUT2D eigenvalue weighted by molar-refractivity contribution is 6.06. The molecule has 0 radical (unpaired) electrons. The van der Waals surface area contributed by atoms with Crippen molar-refractivity contribution in [1.29, 1.82) is 0 Å². The minimum absolute atomic E-state index is 0.0629. The van der Waals surface area contributed by atoms with Crippen LogP contribution in [0, 0.1) is 5.41 Å². The Labute approximate surface area is 199 Å². The molecular formula is C25H31NO8. The number of esters is 1. The molecule has 34 heavy (non-hydrogen) atoms. The lowest BCUT2D eigenvalue weighted by atomic mass is 9.70. The highest BCUT2D eigenvalue weighted by Gasteiger charge is 2.58. The maximum Gasteiger partial charge on any atom is 0.322 e. The van der Waals surface area contributed by atoms with Crippen molar-refractivity contribution in [1.82, 2.24) is 5.32 Å². The summed E-state index contributed by atoms with van der Waals surface area (Å²) in [5, 5.41) is 2.87. The van der Waals surface area contributed by atoms with Gasteiger partial charge in [-0.3, -0.25) is 9.59 Å². The standard InChI is InChI=1S/C25H31NO8/c1-7-34-24(28)25(13-15-10-20(31-4)22(33-6)21(11-15)32-5)17(14-26-23(25)27)16-8-9-18(29-2)19(12-16)30-3/h8-12,17H,7,13-14H2,1-6H3,(H,26,27). The lowest BCUT2D eigenvalue weighted by molar-refractivity contribution is -0.160. The molecule has 0 aliphatic carbocycles. The molecule has 2 atom stereocenters. The molecule has 9 nitrogen and oxygen atoms in total. The summed E-state index contributed by atoms with van der Waals surface area (Å²) < 4.78 is 32.6. The fourth-order valence-electron chi connectivity index (χ4n) is 4.49. The largest absolute Gasteiger partial charge is 0.493 e. The number of nitrogens with one attached hydrogen (secondary N) is 1. The number of hydrogen-bond acceptors (Lipinski definition) is 8. The molecule has 0 aromatic heterocycles. The number of carbonyl (C=O) groups excluding carboxylic acids is 2. The molecule has 1 aliphatic heterocycles. The summed E-state index contributed by atoms with van der Waals surface area (Å²) in [6, 6.07) is 8.84. The molecule has 2 aromatic carbocycles. The van der Waals surface area contributed by atoms with Gasteiger partial charge in [0.15, 0.2) is 28.4 Å². The van der Waals surface area contributed by atoms with Gasteiger partial charge in [-0.25, -0.2) is 0 Å². The predicted molar refractivity (Wildman–Crippen MR) is 124 cm³/mol. The minimum atomic E-state index is -1.51. The van der Waals surface area contributed by atoms with E-state index in [1.165, 1.54) is 28.4 Å². The molecule has 184 valence electrons. The van der Waals surface area contributed by atoms with Gasteiger partial charge in [0.05, 0.1) is 42.2 Å². The van der Waals surface area contributed by atoms with E-state index in [0.29, 0.717) is 34.3 Å². The van der Waals surface area contributed by atoms with Crippen LogP contribution in [0.3, 0.4) is 0 Å². The summed E-state index contributed by atoms with van der Waals surface area (Å²) in [5.41, 5.74) is -0.109. The molecule has 0 saturated carbocycles. The minimum Gasteiger partial charge on any atom is -0.493 e. The molecule has 0 spiro atoms. The van der Waals surface area contributed by atoms with Crippen LogP contribution < -0.4 is 29.0 Å². The van der Waals surface area contributed by atoms with E-state index in [2.05, 4.69) is 5.32 Å². The number of methoxy groups -OCH3 is 5. The van der Waals surface area contributed by atoms with Crippen molar-refractivity contribution < 1.29 is 38.0 Å². The Morgan fingerprint density at radius 1 is 0.912 bits per heavy atom. The van der Waals surface area contributed by atoms with Gasteiger partial charge < -0.3 is 33.7 Å². The Kier molecular flexibility index (Phi) is 7.75. The molecule has 1 aliphatic rings. The van der Waals surface area contributed by atoms with E-state index in [9.17, 15) is 9.59 Å². The van der Waals surface area contributed by atoms with Gasteiger partial charge in [0.2, 0.25) is 11.7 Å². The molecule has 0 bridgehead atoms. The predicted octanol–water partition coefficient (Wildman–Crippen LogP) is 2.74. The second-order valence-electron chi connectivity index (χ2n) is 7.78. The topological polar surface area (TPSA) is 102 Å². The molecule has 1 saturated heterocycles. The molecule has 9 heteroatoms. The van der Waals surface area contributed by atoms with Crippen molar-refractivity contribution in [2.24, 2.45) is 5.41 Å². The van der Waals surface area contributed by atoms with Gasteiger partial charge in [0.25, 0.3) is 0 Å². The molecule has 1 heterocycles. The van der Waals surface area contributed by atoms with Gasteiger partial charge in [-0.2, -0.15) is 0 Å². The van der Waals surface area contributed by atoms with Crippen molar-refractivity contribution in [3.05, 3.63) is 41.5 Å². The van der Waals surface area contributed by atoms with Gasteiger partial charge in [0, 0.05) is 12.5 Å². The lowest BCUT2D eigenvalue weighted by Gasteiger charge is -2.31. The monoisotopic (exact) mass is 473 g/mol. The summed E-state index contributed by atoms with van der Waals surface area (Å²) in [5.74, 6) is 0.816. The smallest absolute Gasteiger partial charge is 0.322 e. The van der Waals surface area contributed by atoms with Crippen molar-refractivity contribution in [2.75, 3.05) is 48.7 Å². The van der Waals surface area contributed by atoms with Crippen LogP contribution in [-0.2, 0) is 20.7 Å². The molecular weight excluding hydrogens is 442 g/mol. The Morgan fingerprint density at radius 3 is 2.06 bits per heavy atom. The van der Waals surface area contributed by atoms with Crippen molar-refractivity contribution in [2.45, 2.75) is 19.3 Å². The van der Waals surface area contributed by atoms with Crippen LogP contribution in [0.2, 0.25) is 0 Å². The maximum atomic E-state index is 13.4. The van der Waals surface area contributed by atoms with E-state index in [0.717, 1.165) is 5.56 Å². The van der Waals surface area contributed by atoms with Gasteiger partial charge >= 0.3 is 5.97 Å². The van der Waals surface area contributed by atoms with Gasteiger partial charge in [0.1, 0.15) is 0 Å². The number of hydrogen-bond donors (Lipinski definition) is 1. The molecule has 1 N–H and O–H groups in total. The average molecular weight is 474 g/mol. The third-order valence-electron chi connectivity index (χ3n) is 6.12. The van der Waals surface area contributed by atoms with Crippen LogP contribution >= 0.6 is 0 Å². The van der Waals surface area contributed by atoms with Crippen LogP contribution in [0.5, 0.6) is 28.7 Å². The SMILES string of the molecule is CCOC(=O)C1(Cc2cc(OC)c(OC)c(OC)c2)C(=O)NCC1c1ccc(OC)c(OC)c1. The third-order valence-corrected chi connectivity index (χ3v) is 6.12. The van der Waals surface area contributed by atoms with Gasteiger partial charge in [-0.1, -0.05) is 6.07 Å². The number of carbonyl (C=O) groups is 2. The van der Waals surface area contributed by atoms with Crippen LogP contribution in [0.15, 0.2) is 30.3 Å². The Hall–Kier alpha value is -3.62. The summed E-state index contributed by atoms with van der Waals surface area (Å²) in [6.07, 6.45) is 0.0629. The van der Waals surface area contributed by atoms with E-state index in [4.69, 9.17) is 28.4 Å². The van der Waals surface area contributed by atoms with Crippen molar-refractivity contribution in [3.8, 4) is 28.7 Å². The first kappa shape index (κ1) is 25.0. The van der Waals surface area contributed by atoms with E-state index in [-0.39, 0.29) is 19.6 Å². The molecule has 1 amide bonds. The quantitative estimate of drug-likeness (QED) is 0.415. The Morgan fingerprint density at radius 2 is 1.53 bits per heavy atom. The van der Waals surface area contributed by atoms with Crippen LogP contribution in [-0.4, -0.2) is 60.6 Å². The maximum absolute atomic E-state index is 13.4. The van der Waals surface area contributed by atoms with E-state index in [1.54, 1.807) is 38.3 Å². The van der Waals surface area contributed by atoms with Crippen LogP contribution in [0.4, 0.5) is 0 Å². The first-order valence-corrected chi connectivity index (χ1v) is 10.9. The number of amides is 1. The molecule has 3 rings (SSSR count). The summed E-state index contributed by atoms with van der Waals surface area (Å²) in [6.45, 7) is 2.11. The molecule has 2 unspecified atom stereocenters. The summed E-state index contributed by atoms with van der Waals surface area (Å²) >= 11 is 0. The highest BCUT2D eigenvalue weighted by Crippen LogP contribution is 2.47. The number of rotatable bonds is 10. The zero-order valence-corrected chi connectivity index (χ0v) is 20.4. The zero-order chi connectivity index (χ0) is 24.9. The van der Waals surface area contributed by atoms with E-state index < -0.39 is 23.2 Å². The first-order chi connectivity index (χ1) is 16.4. The van der Waals surface area contributed by atoms with Gasteiger partial charge in [-0.15, -0.1) is 0 Å². The zero-order valence-electron chi connectivity index (χ0n) is 20.4. The molecule has 1 fully saturated rings. The Balaban J connectivity index is 2.16. The first-order valence-electron chi connectivity index (χ1n) is 10.9. The van der Waals surface area contributed by atoms with Crippen LogP contribution in [0.25, 0.3) is 0 Å². The van der Waals surface area contributed by atoms with Crippen molar-refractivity contribution in [3.63, 3.8) is 0 Å². The second-order valence-corrected chi connectivity index (χ2v) is 7.78. The van der Waals surface area contributed by atoms with E-state index in [1.807, 2.05) is 6.07 Å². The lowest BCUT2D eigenvalue weighted by Crippen LogP contribution is -2.45. The fourth-order valence-corrected chi connectivity index (χ4v) is 4.49. The summed E-state index contributed by atoms with van der Waals surface area (Å²) in [7, 11) is 7.62. The summed E-state index contributed by atoms with van der Waals surface area (Å²) in [4.78, 5) is 26.8. The third kappa shape index (κ3) is 4.30. The molecule has 2 aromatic rings. The van der Waals surface area contributed by atoms with E-state index >= 15 is 0 Å².